The van der Waals surface area contributed by atoms with E-state index in [4.69, 9.17) is 0 Å². The molecule has 2 heterocycles. The van der Waals surface area contributed by atoms with Gasteiger partial charge in [-0.1, -0.05) is 37.6 Å². The van der Waals surface area contributed by atoms with Crippen LogP contribution >= 0.6 is 0 Å². The van der Waals surface area contributed by atoms with E-state index in [0.717, 1.165) is 17.7 Å². The number of hydrogen-bond donors (Lipinski definition) is 2. The Hall–Kier alpha value is -3.22. The first-order valence-corrected chi connectivity index (χ1v) is 11.2. The number of rotatable bonds is 6. The number of benzene rings is 1. The van der Waals surface area contributed by atoms with Crippen LogP contribution in [0.2, 0.25) is 0 Å². The Kier molecular flexibility index (Phi) is 7.62. The number of aryl methyl sites for hydroxylation is 2. The number of amides is 3. The summed E-state index contributed by atoms with van der Waals surface area (Å²) in [7, 11) is 0. The van der Waals surface area contributed by atoms with Crippen LogP contribution in [0.15, 0.2) is 42.5 Å². The molecule has 0 bridgehead atoms. The molecule has 32 heavy (non-hydrogen) atoms. The van der Waals surface area contributed by atoms with Crippen LogP contribution in [0, 0.1) is 25.7 Å². The molecule has 170 valence electrons. The molecule has 1 aliphatic rings. The van der Waals surface area contributed by atoms with Gasteiger partial charge >= 0.3 is 0 Å². The molecule has 1 fully saturated rings. The van der Waals surface area contributed by atoms with Gasteiger partial charge in [-0.2, -0.15) is 0 Å². The lowest BCUT2D eigenvalue weighted by Gasteiger charge is -2.35. The largest absolute Gasteiger partial charge is 0.340 e. The highest BCUT2D eigenvalue weighted by Gasteiger charge is 2.34. The van der Waals surface area contributed by atoms with E-state index in [1.54, 1.807) is 23.1 Å². The number of pyridine rings is 1. The van der Waals surface area contributed by atoms with Crippen molar-refractivity contribution in [1.29, 1.82) is 0 Å². The van der Waals surface area contributed by atoms with E-state index in [0.29, 0.717) is 30.9 Å². The van der Waals surface area contributed by atoms with Gasteiger partial charge in [0.05, 0.1) is 5.92 Å². The fourth-order valence-corrected chi connectivity index (χ4v) is 3.87. The molecule has 3 amide bonds. The van der Waals surface area contributed by atoms with Crippen molar-refractivity contribution in [2.75, 3.05) is 18.4 Å². The van der Waals surface area contributed by atoms with Crippen LogP contribution in [0.25, 0.3) is 0 Å². The van der Waals surface area contributed by atoms with Gasteiger partial charge in [-0.3, -0.25) is 14.4 Å². The van der Waals surface area contributed by atoms with Crippen molar-refractivity contribution in [3.8, 4) is 0 Å². The lowest BCUT2D eigenvalue weighted by Crippen LogP contribution is -2.54. The summed E-state index contributed by atoms with van der Waals surface area (Å²) in [4.78, 5) is 44.8. The van der Waals surface area contributed by atoms with E-state index in [2.05, 4.69) is 15.6 Å². The van der Waals surface area contributed by atoms with Gasteiger partial charge in [-0.25, -0.2) is 4.98 Å². The third kappa shape index (κ3) is 5.93. The first-order valence-electron chi connectivity index (χ1n) is 11.2. The van der Waals surface area contributed by atoms with Crippen molar-refractivity contribution in [2.24, 2.45) is 11.8 Å². The van der Waals surface area contributed by atoms with Crippen LogP contribution in [0.4, 0.5) is 5.82 Å². The SMILES string of the molecule is Cc1ccc(C(=O)NC(C(=O)N2CCCC(C(=O)Nc3cccc(C)n3)C2)C(C)C)cc1. The summed E-state index contributed by atoms with van der Waals surface area (Å²) in [6.45, 7) is 8.56. The first kappa shape index (κ1) is 23.4. The van der Waals surface area contributed by atoms with Gasteiger partial charge in [0.2, 0.25) is 11.8 Å². The Morgan fingerprint density at radius 1 is 1.06 bits per heavy atom. The topological polar surface area (TPSA) is 91.4 Å². The Balaban J connectivity index is 1.65. The van der Waals surface area contributed by atoms with Crippen LogP contribution in [-0.2, 0) is 9.59 Å². The van der Waals surface area contributed by atoms with E-state index in [1.165, 1.54) is 0 Å². The van der Waals surface area contributed by atoms with Crippen molar-refractivity contribution >= 4 is 23.5 Å². The van der Waals surface area contributed by atoms with Crippen molar-refractivity contribution < 1.29 is 14.4 Å². The summed E-state index contributed by atoms with van der Waals surface area (Å²) >= 11 is 0. The Bertz CT molecular complexity index is 971. The molecule has 0 radical (unpaired) electrons. The summed E-state index contributed by atoms with van der Waals surface area (Å²) in [5, 5.41) is 5.76. The zero-order chi connectivity index (χ0) is 23.3. The van der Waals surface area contributed by atoms with Crippen molar-refractivity contribution in [1.82, 2.24) is 15.2 Å². The van der Waals surface area contributed by atoms with Gasteiger partial charge in [-0.15, -0.1) is 0 Å². The van der Waals surface area contributed by atoms with Gasteiger partial charge < -0.3 is 15.5 Å². The van der Waals surface area contributed by atoms with E-state index < -0.39 is 6.04 Å². The minimum absolute atomic E-state index is 0.0809. The van der Waals surface area contributed by atoms with E-state index in [-0.39, 0.29) is 29.6 Å². The second-order valence-corrected chi connectivity index (χ2v) is 8.84. The maximum atomic E-state index is 13.3. The molecule has 7 heteroatoms. The molecular formula is C25H32N4O3. The minimum atomic E-state index is -0.649. The number of carbonyl (C=O) groups excluding carboxylic acids is 3. The maximum Gasteiger partial charge on any atom is 0.251 e. The molecule has 2 N–H and O–H groups in total. The highest BCUT2D eigenvalue weighted by atomic mass is 16.2. The molecule has 0 spiro atoms. The number of likely N-dealkylation sites (tertiary alicyclic amines) is 1. The van der Waals surface area contributed by atoms with E-state index >= 15 is 0 Å². The predicted molar refractivity (Wildman–Crippen MR) is 124 cm³/mol. The third-order valence-electron chi connectivity index (χ3n) is 5.78. The number of carbonyl (C=O) groups is 3. The smallest absolute Gasteiger partial charge is 0.251 e. The molecule has 2 unspecified atom stereocenters. The third-order valence-corrected chi connectivity index (χ3v) is 5.78. The summed E-state index contributed by atoms with van der Waals surface area (Å²) < 4.78 is 0. The van der Waals surface area contributed by atoms with Crippen LogP contribution < -0.4 is 10.6 Å². The minimum Gasteiger partial charge on any atom is -0.340 e. The number of anilines is 1. The molecule has 3 rings (SSSR count). The molecular weight excluding hydrogens is 404 g/mol. The highest BCUT2D eigenvalue weighted by Crippen LogP contribution is 2.21. The van der Waals surface area contributed by atoms with Crippen molar-refractivity contribution in [3.63, 3.8) is 0 Å². The molecule has 2 atom stereocenters. The van der Waals surface area contributed by atoms with Crippen LogP contribution in [0.1, 0.15) is 48.3 Å². The van der Waals surface area contributed by atoms with Gasteiger partial charge in [-0.05, 0) is 56.9 Å². The predicted octanol–water partition coefficient (Wildman–Crippen LogP) is 3.33. The molecule has 2 aromatic rings. The van der Waals surface area contributed by atoms with Gasteiger partial charge in [0, 0.05) is 24.3 Å². The molecule has 1 aliphatic heterocycles. The average molecular weight is 437 g/mol. The first-order chi connectivity index (χ1) is 15.2. The number of piperidine rings is 1. The number of nitrogens with one attached hydrogen (secondary N) is 2. The van der Waals surface area contributed by atoms with Crippen molar-refractivity contribution in [3.05, 3.63) is 59.3 Å². The summed E-state index contributed by atoms with van der Waals surface area (Å²) in [6, 6.07) is 12.1. The molecule has 7 nitrogen and oxygen atoms in total. The lowest BCUT2D eigenvalue weighted by molar-refractivity contribution is -0.137. The fourth-order valence-electron chi connectivity index (χ4n) is 3.87. The van der Waals surface area contributed by atoms with E-state index in [9.17, 15) is 14.4 Å². The fraction of sp³-hybridized carbons (Fsp3) is 0.440. The van der Waals surface area contributed by atoms with Gasteiger partial charge in [0.1, 0.15) is 11.9 Å². The second-order valence-electron chi connectivity index (χ2n) is 8.84. The molecule has 0 saturated carbocycles. The lowest BCUT2D eigenvalue weighted by atomic mass is 9.94. The Labute approximate surface area is 189 Å². The summed E-state index contributed by atoms with van der Waals surface area (Å²) in [5.41, 5.74) is 2.42. The Morgan fingerprint density at radius 2 is 1.78 bits per heavy atom. The van der Waals surface area contributed by atoms with Gasteiger partial charge in [0.15, 0.2) is 0 Å². The monoisotopic (exact) mass is 436 g/mol. The number of nitrogens with zero attached hydrogens (tertiary/aromatic N) is 2. The summed E-state index contributed by atoms with van der Waals surface area (Å²) in [5.74, 6) is -0.423. The summed E-state index contributed by atoms with van der Waals surface area (Å²) in [6.07, 6.45) is 1.45. The highest BCUT2D eigenvalue weighted by molar-refractivity contribution is 5.98. The molecule has 1 aromatic heterocycles. The molecule has 1 aromatic carbocycles. The standard InChI is InChI=1S/C25H32N4O3/c1-16(2)22(28-23(30)19-12-10-17(3)11-13-19)25(32)29-14-6-8-20(15-29)24(31)27-21-9-5-7-18(4)26-21/h5,7,9-13,16,20,22H,6,8,14-15H2,1-4H3,(H,28,30)(H,26,27,31). The second kappa shape index (κ2) is 10.4. The van der Waals surface area contributed by atoms with Crippen LogP contribution in [0.3, 0.4) is 0 Å². The Morgan fingerprint density at radius 3 is 2.44 bits per heavy atom. The van der Waals surface area contributed by atoms with E-state index in [1.807, 2.05) is 52.0 Å². The van der Waals surface area contributed by atoms with Crippen LogP contribution in [-0.4, -0.2) is 46.7 Å². The number of aromatic nitrogens is 1. The zero-order valence-electron chi connectivity index (χ0n) is 19.2. The molecule has 0 aliphatic carbocycles. The number of hydrogen-bond acceptors (Lipinski definition) is 4. The average Bonchev–Trinajstić information content (AvgIpc) is 2.77. The van der Waals surface area contributed by atoms with Gasteiger partial charge in [0.25, 0.3) is 5.91 Å². The maximum absolute atomic E-state index is 13.3. The van der Waals surface area contributed by atoms with Crippen molar-refractivity contribution in [2.45, 2.75) is 46.6 Å². The van der Waals surface area contributed by atoms with Crippen LogP contribution in [0.5, 0.6) is 0 Å². The normalized spacial score (nSPS) is 17.0. The molecule has 1 saturated heterocycles. The zero-order valence-corrected chi connectivity index (χ0v) is 19.2. The quantitative estimate of drug-likeness (QED) is 0.727.